The van der Waals surface area contributed by atoms with Gasteiger partial charge in [0.05, 0.1) is 12.0 Å². The van der Waals surface area contributed by atoms with Gasteiger partial charge in [0.15, 0.2) is 11.6 Å². The predicted molar refractivity (Wildman–Crippen MR) is 65.7 cm³/mol. The summed E-state index contributed by atoms with van der Waals surface area (Å²) in [6.07, 6.45) is 1.43. The summed E-state index contributed by atoms with van der Waals surface area (Å²) in [7, 11) is 1.73. The van der Waals surface area contributed by atoms with Gasteiger partial charge in [-0.25, -0.2) is 13.8 Å². The van der Waals surface area contributed by atoms with Crippen molar-refractivity contribution in [1.82, 2.24) is 14.9 Å². The second-order valence-electron chi connectivity index (χ2n) is 4.22. The van der Waals surface area contributed by atoms with Crippen molar-refractivity contribution in [2.24, 2.45) is 0 Å². The van der Waals surface area contributed by atoms with Crippen LogP contribution in [0.3, 0.4) is 0 Å². The van der Waals surface area contributed by atoms with E-state index in [1.54, 1.807) is 20.9 Å². The van der Waals surface area contributed by atoms with Crippen molar-refractivity contribution in [3.8, 4) is 5.69 Å². The molecule has 96 valence electrons. The predicted octanol–water partition coefficient (Wildman–Crippen LogP) is 2.49. The second kappa shape index (κ2) is 4.86. The van der Waals surface area contributed by atoms with Crippen LogP contribution in [0.15, 0.2) is 18.5 Å². The number of nitrogens with one attached hydrogen (secondary N) is 1. The summed E-state index contributed by atoms with van der Waals surface area (Å²) >= 11 is 0. The maximum atomic E-state index is 14.0. The molecule has 0 aliphatic rings. The Kier molecular flexibility index (Phi) is 3.43. The zero-order valence-corrected chi connectivity index (χ0v) is 10.6. The Morgan fingerprint density at radius 2 is 1.83 bits per heavy atom. The molecule has 0 spiro atoms. The Morgan fingerprint density at radius 3 is 2.28 bits per heavy atom. The lowest BCUT2D eigenvalue weighted by molar-refractivity contribution is 0.562. The smallest absolute Gasteiger partial charge is 0.150 e. The maximum Gasteiger partial charge on any atom is 0.150 e. The highest BCUT2D eigenvalue weighted by Crippen LogP contribution is 2.22. The van der Waals surface area contributed by atoms with E-state index in [0.717, 1.165) is 11.4 Å². The number of rotatable bonds is 3. The first kappa shape index (κ1) is 12.7. The average molecular weight is 251 g/mol. The fourth-order valence-electron chi connectivity index (χ4n) is 1.88. The standard InChI is InChI=1S/C13H15F2N3/c1-8-9(2)18(7-17-8)13-11(14)4-10(6-16-3)5-12(13)15/h4-5,7,16H,6H2,1-3H3. The van der Waals surface area contributed by atoms with Crippen LogP contribution in [0.25, 0.3) is 5.69 Å². The lowest BCUT2D eigenvalue weighted by Crippen LogP contribution is -2.08. The Bertz CT molecular complexity index is 553. The summed E-state index contributed by atoms with van der Waals surface area (Å²) in [5.74, 6) is -1.17. The van der Waals surface area contributed by atoms with Crippen LogP contribution in [0.1, 0.15) is 17.0 Å². The summed E-state index contributed by atoms with van der Waals surface area (Å²) in [5, 5.41) is 2.86. The Hall–Kier alpha value is -1.75. The van der Waals surface area contributed by atoms with Crippen molar-refractivity contribution in [3.05, 3.63) is 47.0 Å². The van der Waals surface area contributed by atoms with E-state index in [1.807, 2.05) is 0 Å². The van der Waals surface area contributed by atoms with Gasteiger partial charge in [-0.05, 0) is 38.6 Å². The molecule has 1 N–H and O–H groups in total. The van der Waals surface area contributed by atoms with E-state index < -0.39 is 11.6 Å². The quantitative estimate of drug-likeness (QED) is 0.908. The zero-order valence-electron chi connectivity index (χ0n) is 10.6. The van der Waals surface area contributed by atoms with Gasteiger partial charge in [-0.15, -0.1) is 0 Å². The van der Waals surface area contributed by atoms with Gasteiger partial charge in [0, 0.05) is 12.2 Å². The fraction of sp³-hybridized carbons (Fsp3) is 0.308. The molecule has 0 unspecified atom stereocenters. The molecule has 5 heteroatoms. The Labute approximate surface area is 104 Å². The molecule has 1 aromatic heterocycles. The molecule has 0 saturated heterocycles. The number of halogens is 2. The number of nitrogens with zero attached hydrogens (tertiary/aromatic N) is 2. The van der Waals surface area contributed by atoms with Crippen molar-refractivity contribution in [2.45, 2.75) is 20.4 Å². The molecule has 0 radical (unpaired) electrons. The molecule has 1 heterocycles. The van der Waals surface area contributed by atoms with Crippen LogP contribution in [0.5, 0.6) is 0 Å². The van der Waals surface area contributed by atoms with E-state index in [9.17, 15) is 8.78 Å². The highest BCUT2D eigenvalue weighted by Gasteiger charge is 2.15. The second-order valence-corrected chi connectivity index (χ2v) is 4.22. The minimum Gasteiger partial charge on any atom is -0.316 e. The van der Waals surface area contributed by atoms with Gasteiger partial charge in [0.2, 0.25) is 0 Å². The van der Waals surface area contributed by atoms with Gasteiger partial charge in [0.1, 0.15) is 5.69 Å². The minimum absolute atomic E-state index is 0.0760. The first-order chi connectivity index (χ1) is 8.54. The number of hydrogen-bond donors (Lipinski definition) is 1. The molecule has 0 amide bonds. The van der Waals surface area contributed by atoms with Crippen molar-refractivity contribution in [2.75, 3.05) is 7.05 Å². The summed E-state index contributed by atoms with van der Waals surface area (Å²) in [5.41, 5.74) is 1.99. The largest absolute Gasteiger partial charge is 0.316 e. The lowest BCUT2D eigenvalue weighted by Gasteiger charge is -2.10. The Balaban J connectivity index is 2.55. The first-order valence-corrected chi connectivity index (χ1v) is 5.68. The third-order valence-corrected chi connectivity index (χ3v) is 2.95. The van der Waals surface area contributed by atoms with Gasteiger partial charge < -0.3 is 5.32 Å². The monoisotopic (exact) mass is 251 g/mol. The lowest BCUT2D eigenvalue weighted by atomic mass is 10.1. The molecule has 18 heavy (non-hydrogen) atoms. The van der Waals surface area contributed by atoms with Crippen molar-refractivity contribution in [1.29, 1.82) is 0 Å². The normalized spacial score (nSPS) is 10.9. The molecular formula is C13H15F2N3. The maximum absolute atomic E-state index is 14.0. The number of benzene rings is 1. The SMILES string of the molecule is CNCc1cc(F)c(-n2cnc(C)c2C)c(F)c1. The van der Waals surface area contributed by atoms with E-state index in [0.29, 0.717) is 12.1 Å². The van der Waals surface area contributed by atoms with Crippen LogP contribution in [0, 0.1) is 25.5 Å². The molecule has 0 aliphatic carbocycles. The molecule has 0 fully saturated rings. The summed E-state index contributed by atoms with van der Waals surface area (Å²) in [6, 6.07) is 2.67. The molecule has 0 aliphatic heterocycles. The molecule has 3 nitrogen and oxygen atoms in total. The van der Waals surface area contributed by atoms with Crippen LogP contribution in [0.4, 0.5) is 8.78 Å². The number of aromatic nitrogens is 2. The third-order valence-electron chi connectivity index (χ3n) is 2.95. The van der Waals surface area contributed by atoms with Gasteiger partial charge in [0.25, 0.3) is 0 Å². The van der Waals surface area contributed by atoms with Gasteiger partial charge >= 0.3 is 0 Å². The Morgan fingerprint density at radius 1 is 1.22 bits per heavy atom. The zero-order chi connectivity index (χ0) is 13.3. The summed E-state index contributed by atoms with van der Waals surface area (Å²) in [6.45, 7) is 4.01. The first-order valence-electron chi connectivity index (χ1n) is 5.68. The van der Waals surface area contributed by atoms with Crippen LogP contribution in [-0.2, 0) is 6.54 Å². The highest BCUT2D eigenvalue weighted by atomic mass is 19.1. The summed E-state index contributed by atoms with van der Waals surface area (Å²) < 4.78 is 29.4. The fourth-order valence-corrected chi connectivity index (χ4v) is 1.88. The number of hydrogen-bond acceptors (Lipinski definition) is 2. The van der Waals surface area contributed by atoms with Crippen LogP contribution in [-0.4, -0.2) is 16.6 Å². The van der Waals surface area contributed by atoms with Crippen molar-refractivity contribution in [3.63, 3.8) is 0 Å². The molecule has 0 atom stereocenters. The molecule has 1 aromatic carbocycles. The summed E-state index contributed by atoms with van der Waals surface area (Å²) in [4.78, 5) is 4.05. The highest BCUT2D eigenvalue weighted by molar-refractivity contribution is 5.40. The molecule has 2 rings (SSSR count). The molecular weight excluding hydrogens is 236 g/mol. The molecule has 2 aromatic rings. The number of imidazole rings is 1. The van der Waals surface area contributed by atoms with Crippen LogP contribution < -0.4 is 5.32 Å². The van der Waals surface area contributed by atoms with Gasteiger partial charge in [-0.2, -0.15) is 0 Å². The van der Waals surface area contributed by atoms with Crippen LogP contribution >= 0.6 is 0 Å². The van der Waals surface area contributed by atoms with E-state index in [-0.39, 0.29) is 5.69 Å². The van der Waals surface area contributed by atoms with E-state index >= 15 is 0 Å². The molecule has 0 saturated carbocycles. The minimum atomic E-state index is -0.583. The topological polar surface area (TPSA) is 29.9 Å². The third kappa shape index (κ3) is 2.13. The van der Waals surface area contributed by atoms with Crippen molar-refractivity contribution < 1.29 is 8.78 Å². The van der Waals surface area contributed by atoms with E-state index in [2.05, 4.69) is 10.3 Å². The van der Waals surface area contributed by atoms with Crippen molar-refractivity contribution >= 4 is 0 Å². The number of aryl methyl sites for hydroxylation is 1. The average Bonchev–Trinajstić information content (AvgIpc) is 2.61. The van der Waals surface area contributed by atoms with E-state index in [1.165, 1.54) is 23.0 Å². The van der Waals surface area contributed by atoms with Crippen LogP contribution in [0.2, 0.25) is 0 Å². The van der Waals surface area contributed by atoms with Gasteiger partial charge in [-0.1, -0.05) is 0 Å². The van der Waals surface area contributed by atoms with E-state index in [4.69, 9.17) is 0 Å². The van der Waals surface area contributed by atoms with Gasteiger partial charge in [-0.3, -0.25) is 4.57 Å². The molecule has 0 bridgehead atoms.